The molecule has 17 heavy (non-hydrogen) atoms. The predicted octanol–water partition coefficient (Wildman–Crippen LogP) is 1.64. The highest BCUT2D eigenvalue weighted by molar-refractivity contribution is 4.83. The average Bonchev–Trinajstić information content (AvgIpc) is 2.23. The van der Waals surface area contributed by atoms with E-state index in [9.17, 15) is 13.2 Å². The molecule has 3 nitrogen and oxygen atoms in total. The molecular weight excluding hydrogens is 233 g/mol. The second-order valence-corrected chi connectivity index (χ2v) is 4.53. The van der Waals surface area contributed by atoms with Crippen molar-refractivity contribution in [2.75, 3.05) is 32.8 Å². The van der Waals surface area contributed by atoms with Crippen molar-refractivity contribution in [3.63, 3.8) is 0 Å². The molecule has 1 N–H and O–H groups in total. The van der Waals surface area contributed by atoms with Gasteiger partial charge in [-0.25, -0.2) is 0 Å². The second-order valence-electron chi connectivity index (χ2n) is 4.53. The minimum atomic E-state index is -4.22. The molecule has 0 radical (unpaired) electrons. The summed E-state index contributed by atoms with van der Waals surface area (Å²) in [4.78, 5) is 2.21. The van der Waals surface area contributed by atoms with Gasteiger partial charge >= 0.3 is 6.18 Å². The van der Waals surface area contributed by atoms with E-state index in [4.69, 9.17) is 0 Å². The first-order valence-electron chi connectivity index (χ1n) is 6.04. The zero-order chi connectivity index (χ0) is 12.9. The normalized spacial score (nSPS) is 27.4. The van der Waals surface area contributed by atoms with Crippen LogP contribution in [0, 0.1) is 0 Å². The first-order valence-corrected chi connectivity index (χ1v) is 6.04. The predicted molar refractivity (Wildman–Crippen MR) is 60.0 cm³/mol. The topological polar surface area (TPSA) is 24.5 Å². The fourth-order valence-electron chi connectivity index (χ4n) is 2.08. The molecule has 0 aromatic heterocycles. The van der Waals surface area contributed by atoms with Crippen LogP contribution in [0.3, 0.4) is 0 Å². The van der Waals surface area contributed by atoms with Crippen LogP contribution in [-0.4, -0.2) is 56.0 Å². The van der Waals surface area contributed by atoms with Crippen molar-refractivity contribution in [2.24, 2.45) is 0 Å². The molecule has 102 valence electrons. The van der Waals surface area contributed by atoms with Crippen molar-refractivity contribution < 1.29 is 17.9 Å². The lowest BCUT2D eigenvalue weighted by Gasteiger charge is -2.38. The van der Waals surface area contributed by atoms with E-state index in [1.54, 1.807) is 0 Å². The zero-order valence-electron chi connectivity index (χ0n) is 10.4. The lowest BCUT2D eigenvalue weighted by atomic mass is 10.1. The summed E-state index contributed by atoms with van der Waals surface area (Å²) >= 11 is 0. The summed E-state index contributed by atoms with van der Waals surface area (Å²) in [6.07, 6.45) is -3.22. The highest BCUT2D eigenvalue weighted by Gasteiger charge is 2.28. The molecule has 0 spiro atoms. The lowest BCUT2D eigenvalue weighted by Crippen LogP contribution is -2.55. The van der Waals surface area contributed by atoms with Gasteiger partial charge in [-0.05, 0) is 13.3 Å². The van der Waals surface area contributed by atoms with Gasteiger partial charge in [0.05, 0.1) is 6.61 Å². The van der Waals surface area contributed by atoms with Crippen LogP contribution in [0.5, 0.6) is 0 Å². The van der Waals surface area contributed by atoms with Crippen LogP contribution < -0.4 is 5.32 Å². The molecule has 0 bridgehead atoms. The van der Waals surface area contributed by atoms with Gasteiger partial charge < -0.3 is 10.1 Å². The van der Waals surface area contributed by atoms with Gasteiger partial charge in [0.1, 0.15) is 6.61 Å². The maximum absolute atomic E-state index is 11.9. The summed E-state index contributed by atoms with van der Waals surface area (Å²) in [6, 6.07) is 0.793. The summed E-state index contributed by atoms with van der Waals surface area (Å²) in [5.41, 5.74) is 0. The number of alkyl halides is 3. The molecule has 1 rings (SSSR count). The molecule has 1 saturated heterocycles. The van der Waals surface area contributed by atoms with E-state index in [2.05, 4.69) is 28.8 Å². The summed E-state index contributed by atoms with van der Waals surface area (Å²) < 4.78 is 40.3. The molecule has 0 saturated carbocycles. The number of ether oxygens (including phenoxy) is 1. The van der Waals surface area contributed by atoms with E-state index in [1.165, 1.54) is 0 Å². The Bertz CT molecular complexity index is 223. The van der Waals surface area contributed by atoms with E-state index in [-0.39, 0.29) is 6.61 Å². The summed E-state index contributed by atoms with van der Waals surface area (Å²) in [5, 5.41) is 3.37. The second kappa shape index (κ2) is 6.56. The van der Waals surface area contributed by atoms with E-state index in [0.717, 1.165) is 19.5 Å². The van der Waals surface area contributed by atoms with Crippen LogP contribution in [0.25, 0.3) is 0 Å². The Morgan fingerprint density at radius 2 is 2.12 bits per heavy atom. The SMILES string of the molecule is CCC1CNC(C)CN1CCOCC(F)(F)F. The number of nitrogens with zero attached hydrogens (tertiary/aromatic N) is 1. The maximum atomic E-state index is 11.9. The average molecular weight is 254 g/mol. The fraction of sp³-hybridized carbons (Fsp3) is 1.00. The van der Waals surface area contributed by atoms with Crippen LogP contribution in [-0.2, 0) is 4.74 Å². The molecule has 1 heterocycles. The van der Waals surface area contributed by atoms with Crippen molar-refractivity contribution in [3.05, 3.63) is 0 Å². The van der Waals surface area contributed by atoms with Crippen LogP contribution >= 0.6 is 0 Å². The van der Waals surface area contributed by atoms with E-state index < -0.39 is 12.8 Å². The molecule has 1 aliphatic heterocycles. The standard InChI is InChI=1S/C11H21F3N2O/c1-3-10-6-15-9(2)7-16(10)4-5-17-8-11(12,13)14/h9-10,15H,3-8H2,1-2H3. The quantitative estimate of drug-likeness (QED) is 0.755. The number of piperazine rings is 1. The van der Waals surface area contributed by atoms with Gasteiger partial charge in [0.15, 0.2) is 0 Å². The van der Waals surface area contributed by atoms with Gasteiger partial charge in [0, 0.05) is 31.7 Å². The van der Waals surface area contributed by atoms with Gasteiger partial charge in [-0.2, -0.15) is 13.2 Å². The third-order valence-electron chi connectivity index (χ3n) is 2.99. The minimum absolute atomic E-state index is 0.142. The lowest BCUT2D eigenvalue weighted by molar-refractivity contribution is -0.175. The third-order valence-corrected chi connectivity index (χ3v) is 2.99. The first-order chi connectivity index (χ1) is 7.92. The Morgan fingerprint density at radius 1 is 1.41 bits per heavy atom. The molecule has 1 aliphatic rings. The number of nitrogens with one attached hydrogen (secondary N) is 1. The summed E-state index contributed by atoms with van der Waals surface area (Å²) in [6.45, 7) is 5.50. The summed E-state index contributed by atoms with van der Waals surface area (Å²) in [7, 11) is 0. The van der Waals surface area contributed by atoms with Crippen LogP contribution in [0.4, 0.5) is 13.2 Å². The third kappa shape index (κ3) is 5.70. The first kappa shape index (κ1) is 14.7. The Hall–Kier alpha value is -0.330. The molecular formula is C11H21F3N2O. The molecule has 0 aromatic rings. The van der Waals surface area contributed by atoms with Gasteiger partial charge in [-0.1, -0.05) is 6.92 Å². The molecule has 6 heteroatoms. The smallest absolute Gasteiger partial charge is 0.371 e. The van der Waals surface area contributed by atoms with Crippen molar-refractivity contribution in [3.8, 4) is 0 Å². The Balaban J connectivity index is 2.23. The molecule has 0 amide bonds. The highest BCUT2D eigenvalue weighted by atomic mass is 19.4. The molecule has 0 aromatic carbocycles. The molecule has 2 atom stereocenters. The van der Waals surface area contributed by atoms with Crippen LogP contribution in [0.2, 0.25) is 0 Å². The van der Waals surface area contributed by atoms with Gasteiger partial charge in [-0.3, -0.25) is 4.90 Å². The summed E-state index contributed by atoms with van der Waals surface area (Å²) in [5.74, 6) is 0. The number of halogens is 3. The van der Waals surface area contributed by atoms with E-state index >= 15 is 0 Å². The Labute approximate surface area is 100 Å². The maximum Gasteiger partial charge on any atom is 0.411 e. The largest absolute Gasteiger partial charge is 0.411 e. The van der Waals surface area contributed by atoms with Crippen molar-refractivity contribution in [1.29, 1.82) is 0 Å². The molecule has 2 unspecified atom stereocenters. The van der Waals surface area contributed by atoms with Crippen molar-refractivity contribution in [1.82, 2.24) is 10.2 Å². The molecule has 1 fully saturated rings. The number of hydrogen-bond acceptors (Lipinski definition) is 3. The minimum Gasteiger partial charge on any atom is -0.371 e. The highest BCUT2D eigenvalue weighted by Crippen LogP contribution is 2.15. The Morgan fingerprint density at radius 3 is 2.71 bits per heavy atom. The van der Waals surface area contributed by atoms with Gasteiger partial charge in [0.2, 0.25) is 0 Å². The van der Waals surface area contributed by atoms with Crippen LogP contribution in [0.1, 0.15) is 20.3 Å². The van der Waals surface area contributed by atoms with E-state index in [0.29, 0.717) is 18.6 Å². The Kier molecular flexibility index (Phi) is 5.69. The zero-order valence-corrected chi connectivity index (χ0v) is 10.4. The van der Waals surface area contributed by atoms with E-state index in [1.807, 2.05) is 0 Å². The van der Waals surface area contributed by atoms with Gasteiger partial charge in [0.25, 0.3) is 0 Å². The van der Waals surface area contributed by atoms with Gasteiger partial charge in [-0.15, -0.1) is 0 Å². The number of hydrogen-bond donors (Lipinski definition) is 1. The van der Waals surface area contributed by atoms with Crippen LogP contribution in [0.15, 0.2) is 0 Å². The monoisotopic (exact) mass is 254 g/mol. The number of rotatable bonds is 5. The fourth-order valence-corrected chi connectivity index (χ4v) is 2.08. The van der Waals surface area contributed by atoms with Crippen molar-refractivity contribution >= 4 is 0 Å². The van der Waals surface area contributed by atoms with Crippen molar-refractivity contribution in [2.45, 2.75) is 38.5 Å². The molecule has 0 aliphatic carbocycles.